The number of hydrogen-bond acceptors (Lipinski definition) is 2. The molecule has 0 bridgehead atoms. The number of halogens is 1. The second-order valence-corrected chi connectivity index (χ2v) is 6.05. The second-order valence-electron chi connectivity index (χ2n) is 3.86. The monoisotopic (exact) mass is 279 g/mol. The Hall–Kier alpha value is 0.790. The third-order valence-electron chi connectivity index (χ3n) is 2.90. The first-order valence-corrected chi connectivity index (χ1v) is 8.04. The van der Waals surface area contributed by atoms with E-state index in [0.29, 0.717) is 0 Å². The first-order chi connectivity index (χ1) is 6.88. The summed E-state index contributed by atoms with van der Waals surface area (Å²) in [5, 5.41) is 1.13. The van der Waals surface area contributed by atoms with E-state index in [1.54, 1.807) is 0 Å². The van der Waals surface area contributed by atoms with Crippen LogP contribution < -0.4 is 0 Å². The van der Waals surface area contributed by atoms with E-state index in [0.717, 1.165) is 11.4 Å². The van der Waals surface area contributed by atoms with Crippen LogP contribution in [0.3, 0.4) is 0 Å². The Balaban J connectivity index is 2.08. The summed E-state index contributed by atoms with van der Waals surface area (Å²) in [6.07, 6.45) is 5.69. The van der Waals surface area contributed by atoms with Crippen LogP contribution in [0.4, 0.5) is 0 Å². The van der Waals surface area contributed by atoms with Gasteiger partial charge in [-0.15, -0.1) is 0 Å². The standard InChI is InChI=1S/C11H22BrNS/c1-2-14-10-4-8-13(9-7-12)11-5-3-6-11/h11H,2-10H2,1H3. The van der Waals surface area contributed by atoms with Crippen molar-refractivity contribution in [2.45, 2.75) is 38.6 Å². The summed E-state index contributed by atoms with van der Waals surface area (Å²) in [5.74, 6) is 2.60. The minimum Gasteiger partial charge on any atom is -0.300 e. The van der Waals surface area contributed by atoms with E-state index < -0.39 is 0 Å². The molecule has 1 fully saturated rings. The van der Waals surface area contributed by atoms with E-state index >= 15 is 0 Å². The molecule has 1 saturated carbocycles. The molecular weight excluding hydrogens is 258 g/mol. The van der Waals surface area contributed by atoms with Crippen molar-refractivity contribution in [3.63, 3.8) is 0 Å². The van der Waals surface area contributed by atoms with Gasteiger partial charge in [-0.1, -0.05) is 29.3 Å². The predicted octanol–water partition coefficient (Wildman–Crippen LogP) is 3.38. The minimum absolute atomic E-state index is 0.916. The first-order valence-electron chi connectivity index (χ1n) is 5.76. The van der Waals surface area contributed by atoms with Crippen LogP contribution in [0.2, 0.25) is 0 Å². The highest BCUT2D eigenvalue weighted by Gasteiger charge is 2.23. The van der Waals surface area contributed by atoms with Gasteiger partial charge in [0.1, 0.15) is 0 Å². The van der Waals surface area contributed by atoms with Gasteiger partial charge in [0.15, 0.2) is 0 Å². The highest BCUT2D eigenvalue weighted by atomic mass is 79.9. The molecule has 0 aromatic rings. The third kappa shape index (κ3) is 4.54. The Morgan fingerprint density at radius 3 is 2.64 bits per heavy atom. The topological polar surface area (TPSA) is 3.24 Å². The Labute approximate surface area is 101 Å². The van der Waals surface area contributed by atoms with Crippen LogP contribution in [0.15, 0.2) is 0 Å². The summed E-state index contributed by atoms with van der Waals surface area (Å²) in [5.41, 5.74) is 0. The zero-order valence-electron chi connectivity index (χ0n) is 9.17. The van der Waals surface area contributed by atoms with Gasteiger partial charge in [-0.3, -0.25) is 4.90 Å². The molecule has 0 amide bonds. The molecule has 0 atom stereocenters. The molecule has 14 heavy (non-hydrogen) atoms. The predicted molar refractivity (Wildman–Crippen MR) is 70.6 cm³/mol. The molecule has 0 aromatic carbocycles. The van der Waals surface area contributed by atoms with Crippen molar-refractivity contribution in [3.8, 4) is 0 Å². The van der Waals surface area contributed by atoms with Crippen molar-refractivity contribution >= 4 is 27.7 Å². The minimum atomic E-state index is 0.916. The number of thioether (sulfide) groups is 1. The van der Waals surface area contributed by atoms with E-state index in [-0.39, 0.29) is 0 Å². The Morgan fingerprint density at radius 1 is 1.36 bits per heavy atom. The van der Waals surface area contributed by atoms with Gasteiger partial charge in [-0.2, -0.15) is 11.8 Å². The fourth-order valence-corrected chi connectivity index (χ4v) is 2.93. The molecular formula is C11H22BrNS. The molecule has 1 rings (SSSR count). The molecule has 0 radical (unpaired) electrons. The summed E-state index contributed by atoms with van der Waals surface area (Å²) >= 11 is 5.61. The summed E-state index contributed by atoms with van der Waals surface area (Å²) in [7, 11) is 0. The lowest BCUT2D eigenvalue weighted by Crippen LogP contribution is -2.41. The molecule has 84 valence electrons. The van der Waals surface area contributed by atoms with Crippen LogP contribution in [0.1, 0.15) is 32.6 Å². The third-order valence-corrected chi connectivity index (χ3v) is 4.24. The van der Waals surface area contributed by atoms with Gasteiger partial charge in [0.05, 0.1) is 0 Å². The number of alkyl halides is 1. The Bertz CT molecular complexity index is 139. The highest BCUT2D eigenvalue weighted by Crippen LogP contribution is 2.24. The van der Waals surface area contributed by atoms with Crippen LogP contribution in [-0.2, 0) is 0 Å². The molecule has 0 aliphatic heterocycles. The van der Waals surface area contributed by atoms with Crippen molar-refractivity contribution in [3.05, 3.63) is 0 Å². The number of nitrogens with zero attached hydrogens (tertiary/aromatic N) is 1. The molecule has 0 N–H and O–H groups in total. The van der Waals surface area contributed by atoms with Gasteiger partial charge in [0, 0.05) is 17.9 Å². The maximum atomic E-state index is 3.55. The zero-order chi connectivity index (χ0) is 10.2. The normalized spacial score (nSPS) is 17.4. The maximum absolute atomic E-state index is 3.55. The molecule has 0 aromatic heterocycles. The highest BCUT2D eigenvalue weighted by molar-refractivity contribution is 9.09. The molecule has 0 heterocycles. The second kappa shape index (κ2) is 8.00. The van der Waals surface area contributed by atoms with E-state index in [1.165, 1.54) is 50.3 Å². The van der Waals surface area contributed by atoms with Crippen molar-refractivity contribution in [1.29, 1.82) is 0 Å². The molecule has 0 spiro atoms. The van der Waals surface area contributed by atoms with Crippen molar-refractivity contribution in [1.82, 2.24) is 4.90 Å². The summed E-state index contributed by atoms with van der Waals surface area (Å²) in [4.78, 5) is 2.68. The SMILES string of the molecule is CCSCCCN(CCBr)C1CCC1. The van der Waals surface area contributed by atoms with Gasteiger partial charge in [-0.05, 0) is 37.3 Å². The largest absolute Gasteiger partial charge is 0.300 e. The fourth-order valence-electron chi connectivity index (χ4n) is 1.85. The average molecular weight is 280 g/mol. The lowest BCUT2D eigenvalue weighted by Gasteiger charge is -2.37. The van der Waals surface area contributed by atoms with E-state index in [2.05, 4.69) is 39.5 Å². The Morgan fingerprint density at radius 2 is 2.14 bits per heavy atom. The number of hydrogen-bond donors (Lipinski definition) is 0. The van der Waals surface area contributed by atoms with Crippen LogP contribution in [0.5, 0.6) is 0 Å². The van der Waals surface area contributed by atoms with Gasteiger partial charge in [-0.25, -0.2) is 0 Å². The van der Waals surface area contributed by atoms with E-state index in [9.17, 15) is 0 Å². The lowest BCUT2D eigenvalue weighted by molar-refractivity contribution is 0.136. The molecule has 1 aliphatic rings. The van der Waals surface area contributed by atoms with Gasteiger partial charge in [0.25, 0.3) is 0 Å². The summed E-state index contributed by atoms with van der Waals surface area (Å²) in [6.45, 7) is 4.79. The van der Waals surface area contributed by atoms with Gasteiger partial charge >= 0.3 is 0 Å². The maximum Gasteiger partial charge on any atom is 0.0159 e. The van der Waals surface area contributed by atoms with Crippen molar-refractivity contribution in [2.24, 2.45) is 0 Å². The molecule has 1 nitrogen and oxygen atoms in total. The molecule has 0 saturated heterocycles. The molecule has 3 heteroatoms. The van der Waals surface area contributed by atoms with E-state index in [4.69, 9.17) is 0 Å². The van der Waals surface area contributed by atoms with E-state index in [1.807, 2.05) is 0 Å². The Kier molecular flexibility index (Phi) is 7.35. The summed E-state index contributed by atoms with van der Waals surface area (Å²) < 4.78 is 0. The number of rotatable bonds is 8. The van der Waals surface area contributed by atoms with Crippen LogP contribution in [-0.4, -0.2) is 40.9 Å². The van der Waals surface area contributed by atoms with Crippen LogP contribution >= 0.6 is 27.7 Å². The van der Waals surface area contributed by atoms with Gasteiger partial charge in [0.2, 0.25) is 0 Å². The quantitative estimate of drug-likeness (QED) is 0.495. The molecule has 0 unspecified atom stereocenters. The van der Waals surface area contributed by atoms with Gasteiger partial charge < -0.3 is 0 Å². The summed E-state index contributed by atoms with van der Waals surface area (Å²) in [6, 6.07) is 0.916. The smallest absolute Gasteiger partial charge is 0.0159 e. The average Bonchev–Trinajstić information content (AvgIpc) is 2.10. The lowest BCUT2D eigenvalue weighted by atomic mass is 9.91. The fraction of sp³-hybridized carbons (Fsp3) is 1.00. The zero-order valence-corrected chi connectivity index (χ0v) is 11.6. The van der Waals surface area contributed by atoms with Crippen LogP contribution in [0.25, 0.3) is 0 Å². The van der Waals surface area contributed by atoms with Crippen molar-refractivity contribution in [2.75, 3.05) is 29.9 Å². The van der Waals surface area contributed by atoms with Crippen molar-refractivity contribution < 1.29 is 0 Å². The van der Waals surface area contributed by atoms with Crippen LogP contribution in [0, 0.1) is 0 Å². The molecule has 1 aliphatic carbocycles. The first kappa shape index (κ1) is 12.9.